The van der Waals surface area contributed by atoms with Crippen LogP contribution in [-0.2, 0) is 14.3 Å². The molecule has 1 rings (SSSR count). The van der Waals surface area contributed by atoms with Gasteiger partial charge in [-0.05, 0) is 25.9 Å². The second kappa shape index (κ2) is 7.10. The molecule has 0 unspecified atom stereocenters. The number of nitrogens with one attached hydrogen (secondary N) is 1. The van der Waals surface area contributed by atoms with Gasteiger partial charge in [0, 0.05) is 0 Å². The average molecular weight is 257 g/mol. The normalized spacial score (nSPS) is 16.7. The van der Waals surface area contributed by atoms with E-state index in [-0.39, 0.29) is 11.9 Å². The lowest BCUT2D eigenvalue weighted by Crippen LogP contribution is -2.32. The molecule has 0 radical (unpaired) electrons. The zero-order valence-corrected chi connectivity index (χ0v) is 9.21. The van der Waals surface area contributed by atoms with Crippen LogP contribution in [0.5, 0.6) is 0 Å². The molecule has 17 heavy (non-hydrogen) atoms. The Morgan fingerprint density at radius 3 is 2.00 bits per heavy atom. The first-order valence-corrected chi connectivity index (χ1v) is 4.87. The molecule has 1 heterocycles. The Morgan fingerprint density at radius 2 is 1.71 bits per heavy atom. The van der Waals surface area contributed by atoms with Crippen molar-refractivity contribution in [1.82, 2.24) is 5.32 Å². The molecule has 0 atom stereocenters. The highest BCUT2D eigenvalue weighted by Crippen LogP contribution is 2.13. The van der Waals surface area contributed by atoms with Gasteiger partial charge in [0.15, 0.2) is 0 Å². The average Bonchev–Trinajstić information content (AvgIpc) is 2.28. The van der Waals surface area contributed by atoms with Crippen molar-refractivity contribution in [3.63, 3.8) is 0 Å². The quantitative estimate of drug-likeness (QED) is 0.679. The van der Waals surface area contributed by atoms with Gasteiger partial charge in [0.25, 0.3) is 0 Å². The molecule has 0 bridgehead atoms. The van der Waals surface area contributed by atoms with E-state index in [2.05, 4.69) is 10.1 Å². The maximum absolute atomic E-state index is 10.9. The van der Waals surface area contributed by atoms with Gasteiger partial charge in [0.1, 0.15) is 0 Å². The number of hydrogen-bond acceptors (Lipinski definition) is 4. The Bertz CT molecular complexity index is 261. The van der Waals surface area contributed by atoms with Crippen molar-refractivity contribution in [3.05, 3.63) is 0 Å². The third kappa shape index (κ3) is 6.77. The number of carboxylic acid groups (broad SMARTS) is 1. The summed E-state index contributed by atoms with van der Waals surface area (Å²) < 4.78 is 36.4. The number of carboxylic acids is 1. The highest BCUT2D eigenvalue weighted by atomic mass is 19.4. The molecule has 0 aromatic carbocycles. The molecule has 0 spiro atoms. The van der Waals surface area contributed by atoms with Gasteiger partial charge in [-0.2, -0.15) is 13.2 Å². The fourth-order valence-electron chi connectivity index (χ4n) is 1.22. The summed E-state index contributed by atoms with van der Waals surface area (Å²) in [5, 5.41) is 10.3. The molecule has 8 heteroatoms. The number of aliphatic carboxylic acids is 1. The van der Waals surface area contributed by atoms with Gasteiger partial charge < -0.3 is 15.2 Å². The maximum Gasteiger partial charge on any atom is 0.490 e. The number of halogens is 3. The molecule has 100 valence electrons. The van der Waals surface area contributed by atoms with E-state index < -0.39 is 12.1 Å². The Balaban J connectivity index is 0.000000325. The van der Waals surface area contributed by atoms with Crippen LogP contribution in [0.1, 0.15) is 12.8 Å². The van der Waals surface area contributed by atoms with Crippen molar-refractivity contribution in [2.45, 2.75) is 19.0 Å². The number of esters is 1. The van der Waals surface area contributed by atoms with Crippen LogP contribution in [-0.4, -0.2) is 43.4 Å². The van der Waals surface area contributed by atoms with Crippen LogP contribution in [0.2, 0.25) is 0 Å². The number of rotatable bonds is 1. The largest absolute Gasteiger partial charge is 0.490 e. The van der Waals surface area contributed by atoms with Crippen molar-refractivity contribution in [1.29, 1.82) is 0 Å². The van der Waals surface area contributed by atoms with E-state index in [9.17, 15) is 18.0 Å². The van der Waals surface area contributed by atoms with Crippen LogP contribution in [0, 0.1) is 5.92 Å². The molecular weight excluding hydrogens is 243 g/mol. The molecule has 5 nitrogen and oxygen atoms in total. The maximum atomic E-state index is 10.9. The van der Waals surface area contributed by atoms with Crippen molar-refractivity contribution >= 4 is 11.9 Å². The summed E-state index contributed by atoms with van der Waals surface area (Å²) in [5.41, 5.74) is 0. The summed E-state index contributed by atoms with van der Waals surface area (Å²) in [7, 11) is 1.45. The molecule has 0 saturated carbocycles. The van der Waals surface area contributed by atoms with E-state index in [1.807, 2.05) is 0 Å². The summed E-state index contributed by atoms with van der Waals surface area (Å²) in [6.07, 6.45) is -3.24. The summed E-state index contributed by atoms with van der Waals surface area (Å²) in [4.78, 5) is 19.8. The molecule has 1 aliphatic rings. The van der Waals surface area contributed by atoms with Gasteiger partial charge in [0.2, 0.25) is 0 Å². The highest BCUT2D eigenvalue weighted by molar-refractivity contribution is 5.73. The van der Waals surface area contributed by atoms with E-state index in [0.29, 0.717) is 0 Å². The third-order valence-corrected chi connectivity index (χ3v) is 2.12. The zero-order chi connectivity index (χ0) is 13.5. The van der Waals surface area contributed by atoms with E-state index in [0.717, 1.165) is 25.9 Å². The molecule has 0 aromatic heterocycles. The minimum atomic E-state index is -5.08. The summed E-state index contributed by atoms with van der Waals surface area (Å²) in [6, 6.07) is 0. The standard InChI is InChI=1S/C7H13NO2.C2HF3O2/c1-10-7(9)6-2-4-8-5-3-6;3-2(4,5)1(6)7/h6,8H,2-5H2,1H3;(H,6,7). The fraction of sp³-hybridized carbons (Fsp3) is 0.778. The predicted octanol–water partition coefficient (Wildman–Crippen LogP) is 0.792. The monoisotopic (exact) mass is 257 g/mol. The lowest BCUT2D eigenvalue weighted by atomic mass is 9.99. The molecule has 1 aliphatic heterocycles. The SMILES string of the molecule is COC(=O)C1CCNCC1.O=C(O)C(F)(F)F. The molecule has 1 fully saturated rings. The second-order valence-corrected chi connectivity index (χ2v) is 3.35. The van der Waals surface area contributed by atoms with Crippen molar-refractivity contribution in [2.75, 3.05) is 20.2 Å². The lowest BCUT2D eigenvalue weighted by molar-refractivity contribution is -0.192. The zero-order valence-electron chi connectivity index (χ0n) is 9.21. The Kier molecular flexibility index (Phi) is 6.55. The van der Waals surface area contributed by atoms with Crippen LogP contribution in [0.15, 0.2) is 0 Å². The lowest BCUT2D eigenvalue weighted by Gasteiger charge is -2.19. The molecule has 2 N–H and O–H groups in total. The van der Waals surface area contributed by atoms with Gasteiger partial charge in [0.05, 0.1) is 13.0 Å². The van der Waals surface area contributed by atoms with E-state index in [1.54, 1.807) is 0 Å². The van der Waals surface area contributed by atoms with Gasteiger partial charge >= 0.3 is 18.1 Å². The Morgan fingerprint density at radius 1 is 1.29 bits per heavy atom. The Hall–Kier alpha value is -1.31. The topological polar surface area (TPSA) is 75.6 Å². The van der Waals surface area contributed by atoms with E-state index >= 15 is 0 Å². The number of carbonyl (C=O) groups is 2. The first-order valence-electron chi connectivity index (χ1n) is 4.87. The summed E-state index contributed by atoms with van der Waals surface area (Å²) >= 11 is 0. The molecular formula is C9H14F3NO4. The van der Waals surface area contributed by atoms with Crippen LogP contribution in [0.25, 0.3) is 0 Å². The summed E-state index contributed by atoms with van der Waals surface area (Å²) in [5.74, 6) is -2.67. The molecule has 0 amide bonds. The number of piperidine rings is 1. The van der Waals surface area contributed by atoms with E-state index in [4.69, 9.17) is 9.90 Å². The number of hydrogen-bond donors (Lipinski definition) is 2. The van der Waals surface area contributed by atoms with Crippen molar-refractivity contribution in [2.24, 2.45) is 5.92 Å². The van der Waals surface area contributed by atoms with Crippen LogP contribution < -0.4 is 5.32 Å². The predicted molar refractivity (Wildman–Crippen MR) is 51.3 cm³/mol. The minimum absolute atomic E-state index is 0.0542. The van der Waals surface area contributed by atoms with Crippen LogP contribution >= 0.6 is 0 Å². The molecule has 0 aromatic rings. The minimum Gasteiger partial charge on any atom is -0.475 e. The number of alkyl halides is 3. The van der Waals surface area contributed by atoms with Gasteiger partial charge in [-0.3, -0.25) is 4.79 Å². The number of carbonyl (C=O) groups excluding carboxylic acids is 1. The van der Waals surface area contributed by atoms with Gasteiger partial charge in [-0.1, -0.05) is 0 Å². The van der Waals surface area contributed by atoms with E-state index in [1.165, 1.54) is 7.11 Å². The van der Waals surface area contributed by atoms with Gasteiger partial charge in [-0.15, -0.1) is 0 Å². The van der Waals surface area contributed by atoms with Crippen LogP contribution in [0.4, 0.5) is 13.2 Å². The van der Waals surface area contributed by atoms with Crippen LogP contribution in [0.3, 0.4) is 0 Å². The fourth-order valence-corrected chi connectivity index (χ4v) is 1.22. The highest BCUT2D eigenvalue weighted by Gasteiger charge is 2.38. The third-order valence-electron chi connectivity index (χ3n) is 2.12. The molecule has 1 saturated heterocycles. The first-order chi connectivity index (χ1) is 7.79. The second-order valence-electron chi connectivity index (χ2n) is 3.35. The van der Waals surface area contributed by atoms with Crippen molar-refractivity contribution < 1.29 is 32.6 Å². The summed E-state index contributed by atoms with van der Waals surface area (Å²) in [6.45, 7) is 1.89. The number of methoxy groups -OCH3 is 1. The Labute approximate surface area is 95.9 Å². The van der Waals surface area contributed by atoms with Crippen molar-refractivity contribution in [3.8, 4) is 0 Å². The first kappa shape index (κ1) is 15.7. The smallest absolute Gasteiger partial charge is 0.475 e. The number of ether oxygens (including phenoxy) is 1. The van der Waals surface area contributed by atoms with Gasteiger partial charge in [-0.25, -0.2) is 4.79 Å². The molecule has 0 aliphatic carbocycles.